The van der Waals surface area contributed by atoms with Crippen LogP contribution in [0.2, 0.25) is 0 Å². The first kappa shape index (κ1) is 8.10. The highest BCUT2D eigenvalue weighted by Crippen LogP contribution is 2.34. The predicted octanol–water partition coefficient (Wildman–Crippen LogP) is 3.17. The van der Waals surface area contributed by atoms with Crippen LogP contribution in [0, 0.1) is 0 Å². The highest BCUT2D eigenvalue weighted by atomic mass is 19.1. The van der Waals surface area contributed by atoms with E-state index in [1.54, 1.807) is 12.1 Å². The van der Waals surface area contributed by atoms with Gasteiger partial charge in [-0.05, 0) is 19.1 Å². The van der Waals surface area contributed by atoms with E-state index in [1.807, 2.05) is 0 Å². The normalized spacial score (nSPS) is 13.4. The Morgan fingerprint density at radius 2 is 2.23 bits per heavy atom. The minimum atomic E-state index is -1.13. The summed E-state index contributed by atoms with van der Waals surface area (Å²) in [6.45, 7) is 1.41. The summed E-state index contributed by atoms with van der Waals surface area (Å²) in [5, 5.41) is 9.93. The maximum atomic E-state index is 13.0. The largest absolute Gasteiger partial charge is 0.507 e. The van der Waals surface area contributed by atoms with Gasteiger partial charge >= 0.3 is 0 Å². The van der Waals surface area contributed by atoms with E-state index in [0.29, 0.717) is 16.5 Å². The van der Waals surface area contributed by atoms with Gasteiger partial charge in [-0.3, -0.25) is 0 Å². The Morgan fingerprint density at radius 3 is 2.92 bits per heavy atom. The Hall–Kier alpha value is -1.51. The number of aromatic hydroxyl groups is 1. The summed E-state index contributed by atoms with van der Waals surface area (Å²) in [6, 6.07) is 4.87. The molecule has 1 atom stereocenters. The molecule has 1 unspecified atom stereocenters. The van der Waals surface area contributed by atoms with Crippen LogP contribution in [0.25, 0.3) is 11.0 Å². The van der Waals surface area contributed by atoms with Gasteiger partial charge in [0.25, 0.3) is 0 Å². The van der Waals surface area contributed by atoms with Crippen LogP contribution < -0.4 is 0 Å². The van der Waals surface area contributed by atoms with Crippen molar-refractivity contribution in [1.82, 2.24) is 0 Å². The second kappa shape index (κ2) is 2.76. The Kier molecular flexibility index (Phi) is 1.72. The Labute approximate surface area is 74.6 Å². The number of phenols is 1. The lowest BCUT2D eigenvalue weighted by Gasteiger charge is -1.99. The predicted molar refractivity (Wildman–Crippen MR) is 47.4 cm³/mol. The van der Waals surface area contributed by atoms with E-state index < -0.39 is 6.17 Å². The first-order chi connectivity index (χ1) is 6.20. The van der Waals surface area contributed by atoms with Crippen molar-refractivity contribution in [3.8, 4) is 5.75 Å². The molecule has 13 heavy (non-hydrogen) atoms. The van der Waals surface area contributed by atoms with Crippen molar-refractivity contribution < 1.29 is 13.9 Å². The van der Waals surface area contributed by atoms with Crippen LogP contribution in [0.15, 0.2) is 28.9 Å². The SMILES string of the molecule is CC(F)c1coc2cccc(O)c12. The zero-order valence-corrected chi connectivity index (χ0v) is 7.12. The number of rotatable bonds is 1. The molecule has 1 aromatic heterocycles. The molecule has 0 aliphatic rings. The first-order valence-corrected chi connectivity index (χ1v) is 4.03. The first-order valence-electron chi connectivity index (χ1n) is 4.03. The number of alkyl halides is 1. The fraction of sp³-hybridized carbons (Fsp3) is 0.200. The van der Waals surface area contributed by atoms with Gasteiger partial charge in [0.2, 0.25) is 0 Å². The number of hydrogen-bond donors (Lipinski definition) is 1. The van der Waals surface area contributed by atoms with E-state index in [1.165, 1.54) is 19.3 Å². The Balaban J connectivity index is 2.79. The number of phenolic OH excluding ortho intramolecular Hbond substituents is 1. The smallest absolute Gasteiger partial charge is 0.137 e. The number of hydrogen-bond acceptors (Lipinski definition) is 2. The molecular formula is C10H9FO2. The molecule has 3 heteroatoms. The minimum absolute atomic E-state index is 0.0609. The summed E-state index contributed by atoms with van der Waals surface area (Å²) in [5.74, 6) is 0.0609. The summed E-state index contributed by atoms with van der Waals surface area (Å²) in [4.78, 5) is 0. The van der Waals surface area contributed by atoms with Gasteiger partial charge in [0.05, 0.1) is 11.6 Å². The van der Waals surface area contributed by atoms with E-state index in [9.17, 15) is 9.50 Å². The fourth-order valence-electron chi connectivity index (χ4n) is 1.39. The van der Waals surface area contributed by atoms with Crippen LogP contribution in [-0.4, -0.2) is 5.11 Å². The van der Waals surface area contributed by atoms with Crippen LogP contribution in [0.3, 0.4) is 0 Å². The Morgan fingerprint density at radius 1 is 1.46 bits per heavy atom. The third-order valence-electron chi connectivity index (χ3n) is 2.03. The second-order valence-electron chi connectivity index (χ2n) is 2.96. The number of furan rings is 1. The molecule has 0 radical (unpaired) electrons. The number of fused-ring (bicyclic) bond motifs is 1. The van der Waals surface area contributed by atoms with Gasteiger partial charge in [-0.15, -0.1) is 0 Å². The molecule has 1 N–H and O–H groups in total. The molecule has 1 aromatic carbocycles. The molecule has 0 fully saturated rings. The molecule has 2 rings (SSSR count). The summed E-state index contributed by atoms with van der Waals surface area (Å²) in [6.07, 6.45) is 0.212. The maximum absolute atomic E-state index is 13.0. The van der Waals surface area contributed by atoms with Crippen molar-refractivity contribution in [3.05, 3.63) is 30.0 Å². The molecule has 68 valence electrons. The van der Waals surface area contributed by atoms with E-state index in [4.69, 9.17) is 4.42 Å². The molecule has 0 aliphatic carbocycles. The fourth-order valence-corrected chi connectivity index (χ4v) is 1.39. The molecule has 0 saturated heterocycles. The van der Waals surface area contributed by atoms with Crippen LogP contribution in [0.1, 0.15) is 18.7 Å². The summed E-state index contributed by atoms with van der Waals surface area (Å²) in [7, 11) is 0. The van der Waals surface area contributed by atoms with Gasteiger partial charge in [0, 0.05) is 5.56 Å². The van der Waals surface area contributed by atoms with Gasteiger partial charge in [0.1, 0.15) is 17.5 Å². The monoisotopic (exact) mass is 180 g/mol. The second-order valence-corrected chi connectivity index (χ2v) is 2.96. The molecular weight excluding hydrogens is 171 g/mol. The van der Waals surface area contributed by atoms with Crippen LogP contribution in [0.5, 0.6) is 5.75 Å². The van der Waals surface area contributed by atoms with Gasteiger partial charge in [0.15, 0.2) is 0 Å². The lowest BCUT2D eigenvalue weighted by Crippen LogP contribution is -1.81. The van der Waals surface area contributed by atoms with Crippen molar-refractivity contribution in [3.63, 3.8) is 0 Å². The summed E-state index contributed by atoms with van der Waals surface area (Å²) in [5.41, 5.74) is 0.910. The average Bonchev–Trinajstić information content (AvgIpc) is 2.49. The van der Waals surface area contributed by atoms with Gasteiger partial charge in [-0.25, -0.2) is 4.39 Å². The zero-order chi connectivity index (χ0) is 9.42. The standard InChI is InChI=1S/C10H9FO2/c1-6(11)7-5-13-9-4-2-3-8(12)10(7)9/h2-6,12H,1H3. The van der Waals surface area contributed by atoms with Crippen LogP contribution >= 0.6 is 0 Å². The van der Waals surface area contributed by atoms with Gasteiger partial charge in [-0.1, -0.05) is 6.07 Å². The molecule has 0 saturated carbocycles. The minimum Gasteiger partial charge on any atom is -0.507 e. The quantitative estimate of drug-likeness (QED) is 0.731. The maximum Gasteiger partial charge on any atom is 0.137 e. The topological polar surface area (TPSA) is 33.4 Å². The highest BCUT2D eigenvalue weighted by molar-refractivity contribution is 5.87. The molecule has 0 bridgehead atoms. The highest BCUT2D eigenvalue weighted by Gasteiger charge is 2.14. The number of benzene rings is 1. The Bertz CT molecular complexity index is 431. The van der Waals surface area contributed by atoms with Gasteiger partial charge < -0.3 is 9.52 Å². The molecule has 0 spiro atoms. The molecule has 0 amide bonds. The van der Waals surface area contributed by atoms with Crippen molar-refractivity contribution in [1.29, 1.82) is 0 Å². The van der Waals surface area contributed by atoms with E-state index in [0.717, 1.165) is 0 Å². The van der Waals surface area contributed by atoms with Gasteiger partial charge in [-0.2, -0.15) is 0 Å². The van der Waals surface area contributed by atoms with Crippen LogP contribution in [0.4, 0.5) is 4.39 Å². The lowest BCUT2D eigenvalue weighted by atomic mass is 10.1. The van der Waals surface area contributed by atoms with Crippen molar-refractivity contribution in [2.45, 2.75) is 13.1 Å². The van der Waals surface area contributed by atoms with E-state index in [2.05, 4.69) is 0 Å². The van der Waals surface area contributed by atoms with Crippen LogP contribution in [-0.2, 0) is 0 Å². The molecule has 0 aliphatic heterocycles. The third kappa shape index (κ3) is 1.16. The summed E-state index contributed by atoms with van der Waals surface area (Å²) < 4.78 is 18.1. The molecule has 2 aromatic rings. The van der Waals surface area contributed by atoms with E-state index in [-0.39, 0.29) is 5.75 Å². The van der Waals surface area contributed by atoms with Crippen molar-refractivity contribution in [2.75, 3.05) is 0 Å². The number of halogens is 1. The van der Waals surface area contributed by atoms with E-state index >= 15 is 0 Å². The zero-order valence-electron chi connectivity index (χ0n) is 7.12. The summed E-state index contributed by atoms with van der Waals surface area (Å²) >= 11 is 0. The lowest BCUT2D eigenvalue weighted by molar-refractivity contribution is 0.372. The average molecular weight is 180 g/mol. The van der Waals surface area contributed by atoms with Crippen molar-refractivity contribution >= 4 is 11.0 Å². The molecule has 2 nitrogen and oxygen atoms in total. The molecule has 1 heterocycles. The third-order valence-corrected chi connectivity index (χ3v) is 2.03. The van der Waals surface area contributed by atoms with Crippen molar-refractivity contribution in [2.24, 2.45) is 0 Å².